The zero-order valence-corrected chi connectivity index (χ0v) is 5.26. The normalized spacial score (nSPS) is 3.50. The van der Waals surface area contributed by atoms with Crippen LogP contribution in [0.25, 0.3) is 0 Å². The number of hydrogen-bond donors (Lipinski definition) is 0. The molecular formula is BBiF2. The van der Waals surface area contributed by atoms with Crippen molar-refractivity contribution in [3.05, 3.63) is 0 Å². The van der Waals surface area contributed by atoms with Crippen molar-refractivity contribution >= 4 is 34.0 Å². The molecule has 0 aromatic carbocycles. The zero-order chi connectivity index (χ0) is 2.71. The van der Waals surface area contributed by atoms with Crippen molar-refractivity contribution in [1.29, 1.82) is 0 Å². The van der Waals surface area contributed by atoms with E-state index in [1.54, 1.807) is 0 Å². The summed E-state index contributed by atoms with van der Waals surface area (Å²) in [4.78, 5) is 0. The van der Waals surface area contributed by atoms with Gasteiger partial charge in [-0.05, 0) is 0 Å². The summed E-state index contributed by atoms with van der Waals surface area (Å²) >= 11 is 0. The Bertz CT molecular complexity index is 6.00. The molecule has 4 radical (unpaired) electrons. The molecule has 0 atom stereocenters. The molecule has 0 spiro atoms. The van der Waals surface area contributed by atoms with Crippen LogP contribution < -0.4 is 0 Å². The Labute approximate surface area is 43.0 Å². The van der Waals surface area contributed by atoms with E-state index in [9.17, 15) is 8.63 Å². The second-order valence-electron chi connectivity index (χ2n) is 0.0825. The Morgan fingerprint density at radius 3 is 1.25 bits per heavy atom. The van der Waals surface area contributed by atoms with Crippen LogP contribution in [0.15, 0.2) is 0 Å². The van der Waals surface area contributed by atoms with E-state index in [0.717, 1.165) is 0 Å². The first-order chi connectivity index (χ1) is 1.41. The predicted molar refractivity (Wildman–Crippen MR) is 13.7 cm³/mol. The van der Waals surface area contributed by atoms with Gasteiger partial charge in [0.25, 0.3) is 0 Å². The monoisotopic (exact) mass is 258 g/mol. The topological polar surface area (TPSA) is 0 Å². The minimum atomic E-state index is -1.00. The first-order valence-electron chi connectivity index (χ1n) is 0.436. The molecular weight excluding hydrogens is 258 g/mol. The van der Waals surface area contributed by atoms with Gasteiger partial charge >= 0.3 is 7.83 Å². The van der Waals surface area contributed by atoms with Crippen LogP contribution in [0.2, 0.25) is 0 Å². The molecule has 0 saturated carbocycles. The minimum Gasteiger partial charge on any atom is -0.289 e. The van der Waals surface area contributed by atoms with Crippen molar-refractivity contribution < 1.29 is 8.63 Å². The molecule has 0 rings (SSSR count). The van der Waals surface area contributed by atoms with Crippen LogP contribution in [0.1, 0.15) is 0 Å². The maximum atomic E-state index is 9.50. The fourth-order valence-corrected chi connectivity index (χ4v) is 0. The van der Waals surface area contributed by atoms with Gasteiger partial charge in [0, 0.05) is 26.2 Å². The average molecular weight is 258 g/mol. The summed E-state index contributed by atoms with van der Waals surface area (Å²) in [5.74, 6) is 0. The van der Waals surface area contributed by atoms with Gasteiger partial charge in [0.2, 0.25) is 0 Å². The molecule has 4 heavy (non-hydrogen) atoms. The van der Waals surface area contributed by atoms with E-state index < -0.39 is 7.83 Å². The minimum absolute atomic E-state index is 0. The van der Waals surface area contributed by atoms with Gasteiger partial charge in [-0.3, -0.25) is 8.63 Å². The van der Waals surface area contributed by atoms with Crippen molar-refractivity contribution in [2.45, 2.75) is 0 Å². The van der Waals surface area contributed by atoms with Crippen LogP contribution in [0, 0.1) is 0 Å². The molecule has 22 valence electrons. The SMILES string of the molecule is F[B]F.[Bi]. The standard InChI is InChI=1S/BF2.Bi/c2-1-3;. The van der Waals surface area contributed by atoms with Gasteiger partial charge in [-0.1, -0.05) is 0 Å². The summed E-state index contributed by atoms with van der Waals surface area (Å²) in [6.45, 7) is 0. The second kappa shape index (κ2) is 9.19. The zero-order valence-electron chi connectivity index (χ0n) is 1.78. The molecule has 0 bridgehead atoms. The van der Waals surface area contributed by atoms with Gasteiger partial charge in [-0.15, -0.1) is 0 Å². The number of hydrogen-bond acceptors (Lipinski definition) is 0. The molecule has 0 N–H and O–H groups in total. The van der Waals surface area contributed by atoms with Crippen molar-refractivity contribution in [3.8, 4) is 0 Å². The summed E-state index contributed by atoms with van der Waals surface area (Å²) < 4.78 is 19.0. The van der Waals surface area contributed by atoms with E-state index in [4.69, 9.17) is 0 Å². The molecule has 0 amide bonds. The smallest absolute Gasteiger partial charge is 0.289 e. The first-order valence-corrected chi connectivity index (χ1v) is 0.436. The first kappa shape index (κ1) is 8.84. The van der Waals surface area contributed by atoms with E-state index in [1.807, 2.05) is 0 Å². The summed E-state index contributed by atoms with van der Waals surface area (Å²) in [6.07, 6.45) is 0. The number of rotatable bonds is 0. The second-order valence-corrected chi connectivity index (χ2v) is 0.0825. The fraction of sp³-hybridized carbons (Fsp3) is 0. The third-order valence-corrected chi connectivity index (χ3v) is 0. The van der Waals surface area contributed by atoms with Crippen molar-refractivity contribution in [2.24, 2.45) is 0 Å². The molecule has 0 aliphatic heterocycles. The van der Waals surface area contributed by atoms with Gasteiger partial charge in [0.05, 0.1) is 0 Å². The van der Waals surface area contributed by atoms with E-state index in [2.05, 4.69) is 0 Å². The third-order valence-electron chi connectivity index (χ3n) is 0. The van der Waals surface area contributed by atoms with Crippen LogP contribution in [-0.2, 0) is 0 Å². The molecule has 4 heteroatoms. The van der Waals surface area contributed by atoms with E-state index in [-0.39, 0.29) is 26.2 Å². The Hall–Kier alpha value is 0.808. The summed E-state index contributed by atoms with van der Waals surface area (Å²) in [7, 11) is -1.00. The van der Waals surface area contributed by atoms with Crippen molar-refractivity contribution in [3.63, 3.8) is 0 Å². The summed E-state index contributed by atoms with van der Waals surface area (Å²) in [6, 6.07) is 0. The summed E-state index contributed by atoms with van der Waals surface area (Å²) in [5.41, 5.74) is 0. The molecule has 0 aliphatic carbocycles. The maximum absolute atomic E-state index is 9.50. The maximum Gasteiger partial charge on any atom is 0.577 e. The Morgan fingerprint density at radius 2 is 1.25 bits per heavy atom. The van der Waals surface area contributed by atoms with Gasteiger partial charge < -0.3 is 0 Å². The molecule has 0 heterocycles. The summed E-state index contributed by atoms with van der Waals surface area (Å²) in [5, 5.41) is 0. The van der Waals surface area contributed by atoms with Crippen molar-refractivity contribution in [1.82, 2.24) is 0 Å². The van der Waals surface area contributed by atoms with Crippen LogP contribution in [0.5, 0.6) is 0 Å². The van der Waals surface area contributed by atoms with E-state index >= 15 is 0 Å². The molecule has 0 aromatic heterocycles. The van der Waals surface area contributed by atoms with E-state index in [0.29, 0.717) is 0 Å². The predicted octanol–water partition coefficient (Wildman–Crippen LogP) is 0.0788. The Balaban J connectivity index is 0. The van der Waals surface area contributed by atoms with Gasteiger partial charge in [-0.2, -0.15) is 0 Å². The molecule has 0 aliphatic rings. The largest absolute Gasteiger partial charge is 0.577 e. The van der Waals surface area contributed by atoms with Gasteiger partial charge in [-0.25, -0.2) is 0 Å². The van der Waals surface area contributed by atoms with Gasteiger partial charge in [0.15, 0.2) is 0 Å². The Kier molecular flexibility index (Phi) is 20.3. The molecule has 0 fully saturated rings. The van der Waals surface area contributed by atoms with E-state index in [1.165, 1.54) is 0 Å². The quantitative estimate of drug-likeness (QED) is 0.540. The van der Waals surface area contributed by atoms with Crippen LogP contribution in [-0.4, -0.2) is 34.0 Å². The average Bonchev–Trinajstić information content (AvgIpc) is 0.918. The molecule has 0 nitrogen and oxygen atoms in total. The fourth-order valence-electron chi connectivity index (χ4n) is 0. The van der Waals surface area contributed by atoms with Crippen LogP contribution >= 0.6 is 0 Å². The number of halogens is 2. The van der Waals surface area contributed by atoms with Crippen LogP contribution in [0.3, 0.4) is 0 Å². The Morgan fingerprint density at radius 1 is 1.25 bits per heavy atom. The van der Waals surface area contributed by atoms with Crippen LogP contribution in [0.4, 0.5) is 8.63 Å². The van der Waals surface area contributed by atoms with Crippen molar-refractivity contribution in [2.75, 3.05) is 0 Å². The molecule has 0 unspecified atom stereocenters. The van der Waals surface area contributed by atoms with Gasteiger partial charge in [0.1, 0.15) is 0 Å². The third kappa shape index (κ3) is 14.1. The molecule has 0 aromatic rings. The molecule has 0 saturated heterocycles.